The van der Waals surface area contributed by atoms with Crippen LogP contribution in [0.1, 0.15) is 46.0 Å². The first kappa shape index (κ1) is 14.9. The highest BCUT2D eigenvalue weighted by molar-refractivity contribution is 5.80. The summed E-state index contributed by atoms with van der Waals surface area (Å²) in [5.41, 5.74) is -0.687. The molecule has 1 aliphatic rings. The van der Waals surface area contributed by atoms with E-state index in [1.807, 2.05) is 0 Å². The summed E-state index contributed by atoms with van der Waals surface area (Å²) in [6, 6.07) is 0. The van der Waals surface area contributed by atoms with Crippen LogP contribution in [0.25, 0.3) is 0 Å². The van der Waals surface area contributed by atoms with Crippen molar-refractivity contribution in [3.05, 3.63) is 0 Å². The minimum atomic E-state index is -2.74. The Morgan fingerprint density at radius 2 is 2.06 bits per heavy atom. The number of carboxylic acids is 1. The van der Waals surface area contributed by atoms with Gasteiger partial charge < -0.3 is 10.4 Å². The lowest BCUT2D eigenvalue weighted by atomic mass is 9.96. The molecule has 0 aromatic carbocycles. The summed E-state index contributed by atoms with van der Waals surface area (Å²) < 4.78 is 26.0. The number of alkyl halides is 2. The molecule has 0 heterocycles. The summed E-state index contributed by atoms with van der Waals surface area (Å²) in [5.74, 6) is -4.75. The van der Waals surface area contributed by atoms with Crippen LogP contribution in [0.5, 0.6) is 0 Å². The number of hydrogen-bond acceptors (Lipinski definition) is 2. The molecule has 1 fully saturated rings. The van der Waals surface area contributed by atoms with E-state index in [9.17, 15) is 18.4 Å². The molecule has 1 atom stereocenters. The average molecular weight is 263 g/mol. The van der Waals surface area contributed by atoms with Crippen LogP contribution in [0.3, 0.4) is 0 Å². The lowest BCUT2D eigenvalue weighted by molar-refractivity contribution is -0.138. The molecular weight excluding hydrogens is 244 g/mol. The first-order valence-corrected chi connectivity index (χ1v) is 6.03. The van der Waals surface area contributed by atoms with Gasteiger partial charge in [0.05, 0.1) is 0 Å². The Labute approximate surface area is 105 Å². The van der Waals surface area contributed by atoms with Crippen molar-refractivity contribution in [1.29, 1.82) is 0 Å². The Hall–Kier alpha value is -1.20. The van der Waals surface area contributed by atoms with Crippen LogP contribution in [-0.2, 0) is 9.59 Å². The number of amides is 1. The predicted octanol–water partition coefficient (Wildman–Crippen LogP) is 2.18. The Balaban J connectivity index is 2.46. The zero-order chi connectivity index (χ0) is 14.0. The standard InChI is InChI=1S/C12H19F2NO3/c1-11(2,5-4-9(16)17)15-10(18)8-3-6-12(13,14)7-8/h8H,3-7H2,1-2H3,(H,15,18)(H,16,17). The van der Waals surface area contributed by atoms with Crippen molar-refractivity contribution in [3.63, 3.8) is 0 Å². The Morgan fingerprint density at radius 3 is 2.50 bits per heavy atom. The third-order valence-corrected chi connectivity index (χ3v) is 3.20. The smallest absolute Gasteiger partial charge is 0.303 e. The van der Waals surface area contributed by atoms with Crippen molar-refractivity contribution in [2.24, 2.45) is 5.92 Å². The Bertz CT molecular complexity index is 342. The van der Waals surface area contributed by atoms with Gasteiger partial charge in [0, 0.05) is 30.7 Å². The molecule has 1 saturated carbocycles. The van der Waals surface area contributed by atoms with Gasteiger partial charge in [-0.2, -0.15) is 0 Å². The third-order valence-electron chi connectivity index (χ3n) is 3.20. The van der Waals surface area contributed by atoms with Crippen LogP contribution in [0.4, 0.5) is 8.78 Å². The Kier molecular flexibility index (Phi) is 4.29. The fraction of sp³-hybridized carbons (Fsp3) is 0.833. The van der Waals surface area contributed by atoms with E-state index in [1.165, 1.54) is 0 Å². The lowest BCUT2D eigenvalue weighted by Gasteiger charge is -2.27. The quantitative estimate of drug-likeness (QED) is 0.799. The average Bonchev–Trinajstić information content (AvgIpc) is 2.55. The molecule has 1 unspecified atom stereocenters. The van der Waals surface area contributed by atoms with E-state index in [4.69, 9.17) is 5.11 Å². The molecule has 0 saturated heterocycles. The van der Waals surface area contributed by atoms with Crippen LogP contribution >= 0.6 is 0 Å². The Morgan fingerprint density at radius 1 is 1.44 bits per heavy atom. The number of hydrogen-bond donors (Lipinski definition) is 2. The highest BCUT2D eigenvalue weighted by Gasteiger charge is 2.43. The normalized spacial score (nSPS) is 22.8. The van der Waals surface area contributed by atoms with E-state index in [0.717, 1.165) is 0 Å². The largest absolute Gasteiger partial charge is 0.481 e. The van der Waals surface area contributed by atoms with Gasteiger partial charge in [0.15, 0.2) is 0 Å². The maximum atomic E-state index is 13.0. The van der Waals surface area contributed by atoms with Crippen LogP contribution in [0.2, 0.25) is 0 Å². The van der Waals surface area contributed by atoms with E-state index < -0.39 is 35.7 Å². The van der Waals surface area contributed by atoms with E-state index >= 15 is 0 Å². The maximum absolute atomic E-state index is 13.0. The summed E-state index contributed by atoms with van der Waals surface area (Å²) in [6.07, 6.45) is -0.256. The second-order valence-corrected chi connectivity index (χ2v) is 5.56. The first-order chi connectivity index (χ1) is 8.11. The molecule has 2 N–H and O–H groups in total. The van der Waals surface area contributed by atoms with Crippen molar-refractivity contribution in [2.45, 2.75) is 57.4 Å². The van der Waals surface area contributed by atoms with Crippen LogP contribution in [0.15, 0.2) is 0 Å². The van der Waals surface area contributed by atoms with Gasteiger partial charge in [-0.25, -0.2) is 8.78 Å². The zero-order valence-corrected chi connectivity index (χ0v) is 10.6. The monoisotopic (exact) mass is 263 g/mol. The summed E-state index contributed by atoms with van der Waals surface area (Å²) in [6.45, 7) is 3.39. The van der Waals surface area contributed by atoms with Gasteiger partial charge in [-0.1, -0.05) is 0 Å². The van der Waals surface area contributed by atoms with Crippen molar-refractivity contribution < 1.29 is 23.5 Å². The van der Waals surface area contributed by atoms with Gasteiger partial charge in [0.25, 0.3) is 0 Å². The molecular formula is C12H19F2NO3. The molecule has 1 aliphatic carbocycles. The number of aliphatic carboxylic acids is 1. The topological polar surface area (TPSA) is 66.4 Å². The van der Waals surface area contributed by atoms with Crippen molar-refractivity contribution >= 4 is 11.9 Å². The summed E-state index contributed by atoms with van der Waals surface area (Å²) in [4.78, 5) is 22.3. The number of halogens is 2. The third kappa shape index (κ3) is 4.58. The molecule has 0 radical (unpaired) electrons. The second-order valence-electron chi connectivity index (χ2n) is 5.56. The van der Waals surface area contributed by atoms with Gasteiger partial charge >= 0.3 is 5.97 Å². The number of carboxylic acid groups (broad SMARTS) is 1. The van der Waals surface area contributed by atoms with E-state index in [-0.39, 0.29) is 25.7 Å². The van der Waals surface area contributed by atoms with Crippen molar-refractivity contribution in [2.75, 3.05) is 0 Å². The van der Waals surface area contributed by atoms with Gasteiger partial charge in [-0.05, 0) is 26.7 Å². The van der Waals surface area contributed by atoms with Crippen LogP contribution in [-0.4, -0.2) is 28.4 Å². The molecule has 0 spiro atoms. The predicted molar refractivity (Wildman–Crippen MR) is 61.4 cm³/mol. The molecule has 18 heavy (non-hydrogen) atoms. The molecule has 104 valence electrons. The highest BCUT2D eigenvalue weighted by atomic mass is 19.3. The van der Waals surface area contributed by atoms with E-state index in [1.54, 1.807) is 13.8 Å². The molecule has 0 aromatic heterocycles. The summed E-state index contributed by atoms with van der Waals surface area (Å²) in [5, 5.41) is 11.2. The minimum Gasteiger partial charge on any atom is -0.481 e. The number of carbonyl (C=O) groups excluding carboxylic acids is 1. The van der Waals surface area contributed by atoms with E-state index in [2.05, 4.69) is 5.32 Å². The van der Waals surface area contributed by atoms with Crippen LogP contribution < -0.4 is 5.32 Å². The van der Waals surface area contributed by atoms with Gasteiger partial charge in [-0.15, -0.1) is 0 Å². The number of nitrogens with one attached hydrogen (secondary N) is 1. The number of carbonyl (C=O) groups is 2. The maximum Gasteiger partial charge on any atom is 0.303 e. The SMILES string of the molecule is CC(C)(CCC(=O)O)NC(=O)C1CCC(F)(F)C1. The van der Waals surface area contributed by atoms with Gasteiger partial charge in [-0.3, -0.25) is 9.59 Å². The zero-order valence-electron chi connectivity index (χ0n) is 10.6. The van der Waals surface area contributed by atoms with Crippen LogP contribution in [0, 0.1) is 5.92 Å². The molecule has 0 aromatic rings. The summed E-state index contributed by atoms with van der Waals surface area (Å²) >= 11 is 0. The lowest BCUT2D eigenvalue weighted by Crippen LogP contribution is -2.46. The summed E-state index contributed by atoms with van der Waals surface area (Å²) in [7, 11) is 0. The molecule has 1 amide bonds. The molecule has 1 rings (SSSR count). The molecule has 6 heteroatoms. The molecule has 0 aliphatic heterocycles. The first-order valence-electron chi connectivity index (χ1n) is 6.03. The van der Waals surface area contributed by atoms with E-state index in [0.29, 0.717) is 0 Å². The number of rotatable bonds is 5. The second kappa shape index (κ2) is 5.20. The van der Waals surface area contributed by atoms with Crippen molar-refractivity contribution in [3.8, 4) is 0 Å². The fourth-order valence-electron chi connectivity index (χ4n) is 2.09. The molecule has 4 nitrogen and oxygen atoms in total. The minimum absolute atomic E-state index is 0.0614. The fourth-order valence-corrected chi connectivity index (χ4v) is 2.09. The highest BCUT2D eigenvalue weighted by Crippen LogP contribution is 2.39. The van der Waals surface area contributed by atoms with Crippen molar-refractivity contribution in [1.82, 2.24) is 5.32 Å². The molecule has 0 bridgehead atoms. The van der Waals surface area contributed by atoms with Gasteiger partial charge in [0.1, 0.15) is 0 Å². The van der Waals surface area contributed by atoms with Gasteiger partial charge in [0.2, 0.25) is 11.8 Å².